The Kier molecular flexibility index (Phi) is 2.34. The van der Waals surface area contributed by atoms with Gasteiger partial charge in [0, 0.05) is 0 Å². The van der Waals surface area contributed by atoms with E-state index in [9.17, 15) is 18.0 Å². The third-order valence-corrected chi connectivity index (χ3v) is 7.76. The number of carboxylic acids is 1. The topological polar surface area (TPSA) is 91.8 Å². The zero-order valence-corrected chi connectivity index (χ0v) is 11.5. The zero-order chi connectivity index (χ0) is 12.5. The number of sulfone groups is 1. The molecule has 16 heavy (non-hydrogen) atoms. The first-order chi connectivity index (χ1) is 7.14. The van der Waals surface area contributed by atoms with E-state index in [1.54, 1.807) is 22.6 Å². The summed E-state index contributed by atoms with van der Waals surface area (Å²) >= 11 is 1.75. The number of nitrogens with zero attached hydrogens (tertiary/aromatic N) is 1. The third kappa shape index (κ3) is 1.09. The first-order valence-electron chi connectivity index (χ1n) is 4.56. The summed E-state index contributed by atoms with van der Waals surface area (Å²) < 4.78 is 22.1. The minimum absolute atomic E-state index is 0.410. The Morgan fingerprint density at radius 1 is 1.50 bits per heavy atom. The highest BCUT2D eigenvalue weighted by Gasteiger charge is 2.71. The van der Waals surface area contributed by atoms with E-state index in [1.165, 1.54) is 13.8 Å². The molecule has 0 aliphatic carbocycles. The van der Waals surface area contributed by atoms with Gasteiger partial charge in [0.15, 0.2) is 15.2 Å². The molecular weight excluding hydrogens is 349 g/mol. The lowest BCUT2D eigenvalue weighted by Gasteiger charge is -2.39. The lowest BCUT2D eigenvalue weighted by atomic mass is 9.98. The smallest absolute Gasteiger partial charge is 0.328 e. The molecule has 0 aromatic rings. The minimum Gasteiger partial charge on any atom is -0.480 e. The van der Waals surface area contributed by atoms with Crippen molar-refractivity contribution in [2.24, 2.45) is 0 Å². The van der Waals surface area contributed by atoms with Gasteiger partial charge in [-0.1, -0.05) is 22.6 Å². The predicted octanol–water partition coefficient (Wildman–Crippen LogP) is -0.381. The van der Waals surface area contributed by atoms with Crippen molar-refractivity contribution in [1.82, 2.24) is 4.90 Å². The molecule has 1 amide bonds. The number of alkyl halides is 1. The van der Waals surface area contributed by atoms with E-state index in [0.29, 0.717) is 0 Å². The molecule has 0 aromatic carbocycles. The van der Waals surface area contributed by atoms with Crippen LogP contribution in [-0.2, 0) is 19.4 Å². The van der Waals surface area contributed by atoms with E-state index in [2.05, 4.69) is 0 Å². The number of carbonyl (C=O) groups is 2. The molecule has 3 atom stereocenters. The molecule has 2 aliphatic rings. The molecule has 2 fully saturated rings. The molecule has 2 rings (SSSR count). The van der Waals surface area contributed by atoms with Crippen LogP contribution in [-0.4, -0.2) is 50.4 Å². The summed E-state index contributed by atoms with van der Waals surface area (Å²) in [6.45, 7) is 2.71. The highest BCUT2D eigenvalue weighted by Crippen LogP contribution is 2.48. The van der Waals surface area contributed by atoms with Crippen molar-refractivity contribution in [3.63, 3.8) is 0 Å². The fourth-order valence-electron chi connectivity index (χ4n) is 2.25. The number of β-lactam (4-membered cyclic amide) rings is 1. The molecule has 0 saturated carbocycles. The molecule has 1 N–H and O–H groups in total. The minimum atomic E-state index is -3.63. The van der Waals surface area contributed by atoms with E-state index in [-0.39, 0.29) is 0 Å². The van der Waals surface area contributed by atoms with Gasteiger partial charge in [-0.25, -0.2) is 13.2 Å². The number of fused-ring (bicyclic) bond motifs is 1. The molecule has 2 aliphatic heterocycles. The summed E-state index contributed by atoms with van der Waals surface area (Å²) in [4.78, 5) is 23.6. The van der Waals surface area contributed by atoms with Crippen LogP contribution in [0, 0.1) is 0 Å². The van der Waals surface area contributed by atoms with Gasteiger partial charge >= 0.3 is 5.97 Å². The Morgan fingerprint density at radius 3 is 2.44 bits per heavy atom. The number of carbonyl (C=O) groups excluding carboxylic acids is 1. The van der Waals surface area contributed by atoms with Gasteiger partial charge in [-0.2, -0.15) is 0 Å². The van der Waals surface area contributed by atoms with E-state index >= 15 is 0 Å². The molecule has 2 saturated heterocycles. The maximum atomic E-state index is 12.1. The summed E-state index contributed by atoms with van der Waals surface area (Å²) in [5.41, 5.74) is 0. The fraction of sp³-hybridized carbons (Fsp3) is 0.750. The Hall–Kier alpha value is -0.380. The standard InChI is InChI=1S/C8H10INO5S/c1-8(2)4(7(12)13)10-5(11)3(9)6(10)16(8,14)15/h3-4,6H,1-2H3,(H,12,13)/t3-,4+,6-/m1/s1. The Morgan fingerprint density at radius 2 is 2.00 bits per heavy atom. The van der Waals surface area contributed by atoms with Crippen LogP contribution >= 0.6 is 22.6 Å². The number of hydrogen-bond donors (Lipinski definition) is 1. The molecular formula is C8H10INO5S. The van der Waals surface area contributed by atoms with Gasteiger partial charge in [0.1, 0.15) is 14.7 Å². The Bertz CT molecular complexity index is 485. The van der Waals surface area contributed by atoms with Crippen molar-refractivity contribution >= 4 is 44.3 Å². The highest BCUT2D eigenvalue weighted by molar-refractivity contribution is 14.1. The fourth-order valence-corrected chi connectivity index (χ4v) is 6.18. The second-order valence-electron chi connectivity index (χ2n) is 4.43. The molecule has 0 spiro atoms. The van der Waals surface area contributed by atoms with E-state index < -0.39 is 41.8 Å². The van der Waals surface area contributed by atoms with Gasteiger partial charge < -0.3 is 10.0 Å². The molecule has 0 radical (unpaired) electrons. The zero-order valence-electron chi connectivity index (χ0n) is 8.55. The largest absolute Gasteiger partial charge is 0.480 e. The van der Waals surface area contributed by atoms with Gasteiger partial charge in [-0.15, -0.1) is 0 Å². The Labute approximate surface area is 106 Å². The predicted molar refractivity (Wildman–Crippen MR) is 62.9 cm³/mol. The summed E-state index contributed by atoms with van der Waals surface area (Å²) in [5, 5.41) is 8.07. The van der Waals surface area contributed by atoms with Crippen molar-refractivity contribution < 1.29 is 23.1 Å². The van der Waals surface area contributed by atoms with E-state index in [4.69, 9.17) is 5.11 Å². The Balaban J connectivity index is 2.60. The van der Waals surface area contributed by atoms with E-state index in [1.807, 2.05) is 0 Å². The van der Waals surface area contributed by atoms with Gasteiger partial charge in [0.2, 0.25) is 5.91 Å². The summed E-state index contributed by atoms with van der Waals surface area (Å²) in [5.74, 6) is -1.68. The van der Waals surface area contributed by atoms with Crippen LogP contribution in [0.5, 0.6) is 0 Å². The monoisotopic (exact) mass is 359 g/mol. The average molecular weight is 359 g/mol. The van der Waals surface area contributed by atoms with Crippen LogP contribution in [0.2, 0.25) is 0 Å². The van der Waals surface area contributed by atoms with Crippen molar-refractivity contribution in [3.8, 4) is 0 Å². The molecule has 0 bridgehead atoms. The molecule has 2 heterocycles. The highest BCUT2D eigenvalue weighted by atomic mass is 127. The average Bonchev–Trinajstić information content (AvgIpc) is 2.28. The molecule has 0 unspecified atom stereocenters. The van der Waals surface area contributed by atoms with Crippen molar-refractivity contribution in [3.05, 3.63) is 0 Å². The lowest BCUT2D eigenvalue weighted by molar-refractivity contribution is -0.156. The van der Waals surface area contributed by atoms with Crippen molar-refractivity contribution in [2.75, 3.05) is 0 Å². The van der Waals surface area contributed by atoms with Crippen molar-refractivity contribution in [1.29, 1.82) is 0 Å². The van der Waals surface area contributed by atoms with Crippen LogP contribution < -0.4 is 0 Å². The maximum Gasteiger partial charge on any atom is 0.328 e. The normalized spacial score (nSPS) is 39.1. The number of carboxylic acid groups (broad SMARTS) is 1. The van der Waals surface area contributed by atoms with Crippen LogP contribution in [0.15, 0.2) is 0 Å². The van der Waals surface area contributed by atoms with Crippen LogP contribution in [0.25, 0.3) is 0 Å². The summed E-state index contributed by atoms with van der Waals surface area (Å²) in [6.07, 6.45) is 0. The number of hydrogen-bond acceptors (Lipinski definition) is 4. The first-order valence-corrected chi connectivity index (χ1v) is 7.35. The van der Waals surface area contributed by atoms with Gasteiger partial charge in [-0.05, 0) is 13.8 Å². The number of rotatable bonds is 1. The molecule has 0 aromatic heterocycles. The maximum absolute atomic E-state index is 12.1. The number of halogens is 1. The van der Waals surface area contributed by atoms with Crippen LogP contribution in [0.4, 0.5) is 0 Å². The third-order valence-electron chi connectivity index (χ3n) is 3.24. The number of amides is 1. The molecule has 8 heteroatoms. The quantitative estimate of drug-likeness (QED) is 0.392. The first kappa shape index (κ1) is 12.1. The van der Waals surface area contributed by atoms with Crippen molar-refractivity contribution in [2.45, 2.75) is 33.9 Å². The second kappa shape index (κ2) is 3.09. The number of aliphatic carboxylic acids is 1. The summed E-state index contributed by atoms with van der Waals surface area (Å²) in [7, 11) is -3.63. The SMILES string of the molecule is CC1(C)[C@H](C(=O)O)N2C(=O)[C@@H](I)[C@H]2S1(=O)=O. The molecule has 90 valence electrons. The second-order valence-corrected chi connectivity index (χ2v) is 8.39. The van der Waals surface area contributed by atoms with Crippen LogP contribution in [0.3, 0.4) is 0 Å². The molecule has 6 nitrogen and oxygen atoms in total. The van der Waals surface area contributed by atoms with E-state index in [0.717, 1.165) is 4.90 Å². The lowest BCUT2D eigenvalue weighted by Crippen LogP contribution is -2.64. The van der Waals surface area contributed by atoms with Crippen LogP contribution in [0.1, 0.15) is 13.8 Å². The van der Waals surface area contributed by atoms with Gasteiger partial charge in [0.25, 0.3) is 0 Å². The summed E-state index contributed by atoms with van der Waals surface area (Å²) in [6, 6.07) is -1.28. The van der Waals surface area contributed by atoms with Gasteiger partial charge in [0.05, 0.1) is 0 Å². The van der Waals surface area contributed by atoms with Gasteiger partial charge in [-0.3, -0.25) is 4.79 Å².